The first-order valence-corrected chi connectivity index (χ1v) is 11.5. The summed E-state index contributed by atoms with van der Waals surface area (Å²) in [6, 6.07) is 12.0. The van der Waals surface area contributed by atoms with E-state index in [0.29, 0.717) is 29.4 Å². The Bertz CT molecular complexity index is 1340. The number of hydrogen-bond donors (Lipinski definition) is 1. The highest BCUT2D eigenvalue weighted by Gasteiger charge is 2.37. The highest BCUT2D eigenvalue weighted by atomic mass is 19.4. The summed E-state index contributed by atoms with van der Waals surface area (Å²) in [5.41, 5.74) is -0.369. The number of anilines is 1. The molecule has 35 heavy (non-hydrogen) atoms. The molecule has 9 heteroatoms. The number of carbonyl (C=O) groups excluding carboxylic acids is 3. The first kappa shape index (κ1) is 23.0. The Kier molecular flexibility index (Phi) is 5.59. The van der Waals surface area contributed by atoms with Gasteiger partial charge in [0.2, 0.25) is 0 Å². The van der Waals surface area contributed by atoms with Crippen LogP contribution < -0.4 is 9.80 Å². The van der Waals surface area contributed by atoms with Crippen molar-refractivity contribution in [2.75, 3.05) is 37.6 Å². The van der Waals surface area contributed by atoms with Crippen LogP contribution in [-0.4, -0.2) is 55.3 Å². The molecule has 0 aliphatic carbocycles. The largest absolute Gasteiger partial charge is 0.416 e. The van der Waals surface area contributed by atoms with E-state index in [9.17, 15) is 27.6 Å². The number of carbonyl (C=O) groups is 3. The van der Waals surface area contributed by atoms with Crippen molar-refractivity contribution in [2.45, 2.75) is 13.1 Å². The second-order valence-electron chi connectivity index (χ2n) is 8.78. The second-order valence-corrected chi connectivity index (χ2v) is 8.78. The topological polar surface area (TPSA) is 62.1 Å². The van der Waals surface area contributed by atoms with Crippen molar-refractivity contribution in [1.29, 1.82) is 0 Å². The summed E-state index contributed by atoms with van der Waals surface area (Å²) in [4.78, 5) is 44.0. The molecule has 1 N–H and O–H groups in total. The minimum absolute atomic E-state index is 0.158. The summed E-state index contributed by atoms with van der Waals surface area (Å²) >= 11 is 0. The van der Waals surface area contributed by atoms with Crippen LogP contribution in [0.1, 0.15) is 43.6 Å². The standard InChI is InChI=1S/C26H22F3N3O3/c1-2-30-11-13-31(14-12-30)23(33)19-9-10-21-22-18(19)7-4-8-20(22)24(34)32(25(21)35)17-6-3-5-16(15-17)26(27,28)29/h3-10,15H,2,11-14H2,1H3/p+1. The summed E-state index contributed by atoms with van der Waals surface area (Å²) in [6.07, 6.45) is -4.62. The molecule has 0 radical (unpaired) electrons. The van der Waals surface area contributed by atoms with Crippen molar-refractivity contribution >= 4 is 34.2 Å². The number of piperazine rings is 1. The molecule has 3 aromatic rings. The fourth-order valence-electron chi connectivity index (χ4n) is 4.89. The number of likely N-dealkylation sites (N-methyl/N-ethyl adjacent to an activating group) is 1. The molecule has 1 saturated heterocycles. The van der Waals surface area contributed by atoms with Gasteiger partial charge in [0.25, 0.3) is 17.7 Å². The molecule has 0 atom stereocenters. The smallest absolute Gasteiger partial charge is 0.332 e. The molecular weight excluding hydrogens is 459 g/mol. The molecule has 1 fully saturated rings. The number of alkyl halides is 3. The first-order valence-electron chi connectivity index (χ1n) is 11.5. The maximum absolute atomic E-state index is 13.4. The van der Waals surface area contributed by atoms with Crippen molar-refractivity contribution in [3.8, 4) is 0 Å². The molecule has 0 bridgehead atoms. The number of nitrogens with one attached hydrogen (secondary N) is 1. The maximum Gasteiger partial charge on any atom is 0.416 e. The summed E-state index contributed by atoms with van der Waals surface area (Å²) in [6.45, 7) is 6.04. The Hall–Kier alpha value is -3.72. The Morgan fingerprint density at radius 2 is 1.60 bits per heavy atom. The van der Waals surface area contributed by atoms with Gasteiger partial charge in [-0.05, 0) is 48.7 Å². The number of amides is 3. The average Bonchev–Trinajstić information content (AvgIpc) is 2.86. The van der Waals surface area contributed by atoms with E-state index in [4.69, 9.17) is 0 Å². The van der Waals surface area contributed by atoms with E-state index in [1.54, 1.807) is 23.1 Å². The van der Waals surface area contributed by atoms with Gasteiger partial charge in [-0.3, -0.25) is 14.4 Å². The number of quaternary nitrogens is 1. The average molecular weight is 482 g/mol. The van der Waals surface area contributed by atoms with Crippen LogP contribution in [0.25, 0.3) is 10.8 Å². The van der Waals surface area contributed by atoms with Crippen LogP contribution in [0.2, 0.25) is 0 Å². The third kappa shape index (κ3) is 3.85. The van der Waals surface area contributed by atoms with Crippen LogP contribution in [-0.2, 0) is 6.18 Å². The lowest BCUT2D eigenvalue weighted by Crippen LogP contribution is -3.14. The quantitative estimate of drug-likeness (QED) is 0.584. The van der Waals surface area contributed by atoms with E-state index in [1.807, 2.05) is 0 Å². The van der Waals surface area contributed by atoms with Crippen LogP contribution >= 0.6 is 0 Å². The zero-order chi connectivity index (χ0) is 24.9. The highest BCUT2D eigenvalue weighted by molar-refractivity contribution is 6.36. The van der Waals surface area contributed by atoms with Crippen molar-refractivity contribution in [3.05, 3.63) is 76.9 Å². The fourth-order valence-corrected chi connectivity index (χ4v) is 4.89. The zero-order valence-corrected chi connectivity index (χ0v) is 19.0. The molecule has 0 aromatic heterocycles. The molecule has 3 amide bonds. The van der Waals surface area contributed by atoms with Crippen LogP contribution in [0.3, 0.4) is 0 Å². The molecule has 2 heterocycles. The number of benzene rings is 3. The van der Waals surface area contributed by atoms with Gasteiger partial charge in [0.15, 0.2) is 0 Å². The van der Waals surface area contributed by atoms with Gasteiger partial charge in [-0.25, -0.2) is 4.90 Å². The van der Waals surface area contributed by atoms with Crippen LogP contribution in [0.4, 0.5) is 18.9 Å². The molecule has 2 aliphatic heterocycles. The van der Waals surface area contributed by atoms with Gasteiger partial charge in [0.1, 0.15) is 0 Å². The predicted octanol–water partition coefficient (Wildman–Crippen LogP) is 3.02. The number of hydrogen-bond acceptors (Lipinski definition) is 3. The molecule has 0 saturated carbocycles. The second kappa shape index (κ2) is 8.49. The molecule has 0 spiro atoms. The third-order valence-electron chi connectivity index (χ3n) is 6.83. The zero-order valence-electron chi connectivity index (χ0n) is 19.0. The lowest BCUT2D eigenvalue weighted by Gasteiger charge is -2.32. The molecular formula is C26H23F3N3O3+. The maximum atomic E-state index is 13.4. The molecule has 5 rings (SSSR count). The van der Waals surface area contributed by atoms with Crippen molar-refractivity contribution in [2.24, 2.45) is 0 Å². The van der Waals surface area contributed by atoms with Crippen LogP contribution in [0.15, 0.2) is 54.6 Å². The Morgan fingerprint density at radius 1 is 0.943 bits per heavy atom. The molecule has 3 aromatic carbocycles. The number of nitrogens with zero attached hydrogens (tertiary/aromatic N) is 2. The van der Waals surface area contributed by atoms with Gasteiger partial charge in [-0.2, -0.15) is 13.2 Å². The van der Waals surface area contributed by atoms with Gasteiger partial charge in [0.05, 0.1) is 44.0 Å². The van der Waals surface area contributed by atoms with E-state index in [0.717, 1.165) is 42.7 Å². The normalized spacial score (nSPS) is 16.8. The Balaban J connectivity index is 1.56. The van der Waals surface area contributed by atoms with Gasteiger partial charge < -0.3 is 9.80 Å². The summed E-state index contributed by atoms with van der Waals surface area (Å²) in [7, 11) is 0. The van der Waals surface area contributed by atoms with Crippen LogP contribution in [0.5, 0.6) is 0 Å². The monoisotopic (exact) mass is 482 g/mol. The predicted molar refractivity (Wildman–Crippen MR) is 124 cm³/mol. The molecule has 6 nitrogen and oxygen atoms in total. The lowest BCUT2D eigenvalue weighted by molar-refractivity contribution is -0.902. The van der Waals surface area contributed by atoms with E-state index in [1.165, 1.54) is 23.1 Å². The number of imide groups is 1. The first-order chi connectivity index (χ1) is 16.7. The Labute approximate surface area is 199 Å². The number of rotatable bonds is 3. The summed E-state index contributed by atoms with van der Waals surface area (Å²) in [5.74, 6) is -1.61. The van der Waals surface area contributed by atoms with Gasteiger partial charge in [0, 0.05) is 22.1 Å². The van der Waals surface area contributed by atoms with Crippen molar-refractivity contribution in [3.63, 3.8) is 0 Å². The van der Waals surface area contributed by atoms with Crippen molar-refractivity contribution in [1.82, 2.24) is 4.90 Å². The van der Waals surface area contributed by atoms with E-state index >= 15 is 0 Å². The van der Waals surface area contributed by atoms with Gasteiger partial charge >= 0.3 is 6.18 Å². The Morgan fingerprint density at radius 3 is 2.26 bits per heavy atom. The summed E-state index contributed by atoms with van der Waals surface area (Å²) < 4.78 is 39.7. The molecule has 180 valence electrons. The summed E-state index contributed by atoms with van der Waals surface area (Å²) in [5, 5.41) is 0.843. The van der Waals surface area contributed by atoms with E-state index in [2.05, 4.69) is 6.92 Å². The lowest BCUT2D eigenvalue weighted by atomic mass is 9.90. The fraction of sp³-hybridized carbons (Fsp3) is 0.269. The third-order valence-corrected chi connectivity index (χ3v) is 6.83. The van der Waals surface area contributed by atoms with Gasteiger partial charge in [-0.1, -0.05) is 18.2 Å². The van der Waals surface area contributed by atoms with Gasteiger partial charge in [-0.15, -0.1) is 0 Å². The minimum atomic E-state index is -4.62. The molecule has 0 unspecified atom stereocenters. The molecule has 2 aliphatic rings. The number of halogens is 3. The van der Waals surface area contributed by atoms with Crippen LogP contribution in [0, 0.1) is 0 Å². The van der Waals surface area contributed by atoms with E-state index in [-0.39, 0.29) is 22.7 Å². The van der Waals surface area contributed by atoms with Crippen molar-refractivity contribution < 1.29 is 32.5 Å². The van der Waals surface area contributed by atoms with E-state index < -0.39 is 23.6 Å². The minimum Gasteiger partial charge on any atom is -0.332 e. The SMILES string of the molecule is CC[NH+]1CCN(C(=O)c2ccc3c4c(cccc24)C(=O)N(c2cccc(C(F)(F)F)c2)C3=O)CC1. The highest BCUT2D eigenvalue weighted by Crippen LogP contribution is 2.37.